The van der Waals surface area contributed by atoms with E-state index in [1.54, 1.807) is 11.3 Å². The van der Waals surface area contributed by atoms with E-state index in [0.29, 0.717) is 17.3 Å². The third kappa shape index (κ3) is 4.29. The summed E-state index contributed by atoms with van der Waals surface area (Å²) in [4.78, 5) is 17.3. The molecule has 1 aliphatic carbocycles. The molecular weight excluding hydrogens is 332 g/mol. The molecule has 5 nitrogen and oxygen atoms in total. The number of amides is 1. The van der Waals surface area contributed by atoms with Crippen LogP contribution in [-0.2, 0) is 21.3 Å². The van der Waals surface area contributed by atoms with Gasteiger partial charge in [0.15, 0.2) is 0 Å². The third-order valence-corrected chi connectivity index (χ3v) is 5.97. The summed E-state index contributed by atoms with van der Waals surface area (Å²) in [6.45, 7) is 1.81. The average Bonchev–Trinajstić information content (AvgIpc) is 3.21. The number of hydrogen-bond acceptors (Lipinski definition) is 5. The lowest BCUT2D eigenvalue weighted by molar-refractivity contribution is -0.119. The van der Waals surface area contributed by atoms with Gasteiger partial charge in [-0.2, -0.15) is 0 Å². The number of aryl methyl sites for hydroxylation is 1. The first kappa shape index (κ1) is 16.4. The van der Waals surface area contributed by atoms with Crippen LogP contribution < -0.4 is 5.32 Å². The minimum absolute atomic E-state index is 0.0249. The number of oxazole rings is 1. The molecule has 1 unspecified atom stereocenters. The maximum atomic E-state index is 12.2. The summed E-state index contributed by atoms with van der Waals surface area (Å²) in [6, 6.07) is 4.13. The van der Waals surface area contributed by atoms with Crippen molar-refractivity contribution in [2.45, 2.75) is 44.4 Å². The summed E-state index contributed by atoms with van der Waals surface area (Å²) in [6.07, 6.45) is 4.39. The number of nitrogens with zero attached hydrogens (tertiary/aromatic N) is 1. The van der Waals surface area contributed by atoms with Crippen molar-refractivity contribution in [2.75, 3.05) is 5.75 Å². The van der Waals surface area contributed by atoms with Gasteiger partial charge in [0.2, 0.25) is 11.8 Å². The molecule has 23 heavy (non-hydrogen) atoms. The predicted octanol–water partition coefficient (Wildman–Crippen LogP) is 3.02. The van der Waals surface area contributed by atoms with Gasteiger partial charge >= 0.3 is 0 Å². The van der Waals surface area contributed by atoms with Crippen LogP contribution in [0.25, 0.3) is 10.8 Å². The van der Waals surface area contributed by atoms with Gasteiger partial charge in [-0.1, -0.05) is 18.9 Å². The van der Waals surface area contributed by atoms with Crippen molar-refractivity contribution in [3.63, 3.8) is 0 Å². The fourth-order valence-electron chi connectivity index (χ4n) is 2.76. The van der Waals surface area contributed by atoms with Crippen LogP contribution in [0.3, 0.4) is 0 Å². The second kappa shape index (κ2) is 7.40. The van der Waals surface area contributed by atoms with E-state index in [2.05, 4.69) is 10.3 Å². The Bertz CT molecular complexity index is 688. The number of aromatic nitrogens is 1. The van der Waals surface area contributed by atoms with Crippen LogP contribution in [0.5, 0.6) is 0 Å². The average molecular weight is 352 g/mol. The fourth-order valence-corrected chi connectivity index (χ4v) is 4.46. The SMILES string of the molecule is Cc1oc(-c2cccs2)nc1CS(=O)CC(=O)NC1CCCC1. The monoisotopic (exact) mass is 352 g/mol. The number of hydrogen-bond donors (Lipinski definition) is 1. The summed E-state index contributed by atoms with van der Waals surface area (Å²) >= 11 is 1.55. The Hall–Kier alpha value is -1.47. The quantitative estimate of drug-likeness (QED) is 0.867. The van der Waals surface area contributed by atoms with Crippen LogP contribution in [0.15, 0.2) is 21.9 Å². The molecule has 0 radical (unpaired) electrons. The molecule has 2 aromatic rings. The molecule has 1 fully saturated rings. The highest BCUT2D eigenvalue weighted by molar-refractivity contribution is 7.84. The van der Waals surface area contributed by atoms with Crippen molar-refractivity contribution in [1.82, 2.24) is 10.3 Å². The number of rotatable bonds is 6. The normalized spacial score (nSPS) is 16.6. The van der Waals surface area contributed by atoms with Crippen molar-refractivity contribution in [3.05, 3.63) is 29.0 Å². The summed E-state index contributed by atoms with van der Waals surface area (Å²) in [5, 5.41) is 4.92. The van der Waals surface area contributed by atoms with Crippen LogP contribution in [-0.4, -0.2) is 26.9 Å². The lowest BCUT2D eigenvalue weighted by Crippen LogP contribution is -2.35. The van der Waals surface area contributed by atoms with Crippen LogP contribution in [0.2, 0.25) is 0 Å². The van der Waals surface area contributed by atoms with E-state index in [0.717, 1.165) is 30.6 Å². The zero-order valence-electron chi connectivity index (χ0n) is 13.0. The molecule has 0 aromatic carbocycles. The third-order valence-electron chi connectivity index (χ3n) is 3.93. The molecule has 1 atom stereocenters. The molecule has 0 aliphatic heterocycles. The van der Waals surface area contributed by atoms with E-state index in [4.69, 9.17) is 4.42 Å². The molecule has 1 amide bonds. The highest BCUT2D eigenvalue weighted by Gasteiger charge is 2.20. The molecule has 0 spiro atoms. The Kier molecular flexibility index (Phi) is 5.27. The Morgan fingerprint density at radius 2 is 2.26 bits per heavy atom. The lowest BCUT2D eigenvalue weighted by Gasteiger charge is -2.11. The smallest absolute Gasteiger partial charge is 0.236 e. The van der Waals surface area contributed by atoms with E-state index in [1.165, 1.54) is 0 Å². The van der Waals surface area contributed by atoms with Crippen molar-refractivity contribution in [1.29, 1.82) is 0 Å². The Morgan fingerprint density at radius 1 is 1.48 bits per heavy atom. The Balaban J connectivity index is 1.56. The molecule has 124 valence electrons. The molecule has 3 rings (SSSR count). The molecule has 0 saturated heterocycles. The van der Waals surface area contributed by atoms with E-state index < -0.39 is 10.8 Å². The number of nitrogens with one attached hydrogen (secondary N) is 1. The van der Waals surface area contributed by atoms with E-state index in [-0.39, 0.29) is 23.5 Å². The van der Waals surface area contributed by atoms with Crippen LogP contribution in [0, 0.1) is 6.92 Å². The zero-order valence-corrected chi connectivity index (χ0v) is 14.7. The Morgan fingerprint density at radius 3 is 2.96 bits per heavy atom. The summed E-state index contributed by atoms with van der Waals surface area (Å²) in [5.74, 6) is 1.36. The molecule has 7 heteroatoms. The minimum Gasteiger partial charge on any atom is -0.440 e. The molecule has 1 saturated carbocycles. The van der Waals surface area contributed by atoms with Crippen molar-refractivity contribution < 1.29 is 13.4 Å². The van der Waals surface area contributed by atoms with Crippen molar-refractivity contribution in [2.24, 2.45) is 0 Å². The fraction of sp³-hybridized carbons (Fsp3) is 0.500. The second-order valence-corrected chi connectivity index (χ2v) is 8.18. The van der Waals surface area contributed by atoms with Gasteiger partial charge < -0.3 is 9.73 Å². The van der Waals surface area contributed by atoms with Crippen LogP contribution in [0.1, 0.15) is 37.1 Å². The number of carbonyl (C=O) groups is 1. The molecule has 0 bridgehead atoms. The van der Waals surface area contributed by atoms with Gasteiger partial charge in [-0.05, 0) is 31.2 Å². The van der Waals surface area contributed by atoms with E-state index in [1.807, 2.05) is 24.4 Å². The highest BCUT2D eigenvalue weighted by Crippen LogP contribution is 2.26. The van der Waals surface area contributed by atoms with Gasteiger partial charge in [0.05, 0.1) is 16.3 Å². The number of carbonyl (C=O) groups excluding carboxylic acids is 1. The largest absolute Gasteiger partial charge is 0.440 e. The first-order chi connectivity index (χ1) is 11.1. The summed E-state index contributed by atoms with van der Waals surface area (Å²) < 4.78 is 17.9. The van der Waals surface area contributed by atoms with Crippen molar-refractivity contribution >= 4 is 28.0 Å². The molecule has 1 N–H and O–H groups in total. The summed E-state index contributed by atoms with van der Waals surface area (Å²) in [5.41, 5.74) is 0.667. The lowest BCUT2D eigenvalue weighted by atomic mass is 10.2. The molecule has 1 aliphatic rings. The first-order valence-electron chi connectivity index (χ1n) is 7.76. The maximum absolute atomic E-state index is 12.2. The van der Waals surface area contributed by atoms with Crippen LogP contribution >= 0.6 is 11.3 Å². The highest BCUT2D eigenvalue weighted by atomic mass is 32.2. The van der Waals surface area contributed by atoms with E-state index >= 15 is 0 Å². The maximum Gasteiger partial charge on any atom is 0.236 e. The summed E-state index contributed by atoms with van der Waals surface area (Å²) in [7, 11) is -1.28. The molecule has 2 aromatic heterocycles. The van der Waals surface area contributed by atoms with E-state index in [9.17, 15) is 9.00 Å². The molecular formula is C16H20N2O3S2. The van der Waals surface area contributed by atoms with Crippen molar-refractivity contribution in [3.8, 4) is 10.8 Å². The Labute approximate surface area is 142 Å². The van der Waals surface area contributed by atoms with Gasteiger partial charge in [-0.25, -0.2) is 4.98 Å². The van der Waals surface area contributed by atoms with Gasteiger partial charge in [0, 0.05) is 16.8 Å². The molecule has 2 heterocycles. The predicted molar refractivity (Wildman–Crippen MR) is 91.7 cm³/mol. The van der Waals surface area contributed by atoms with Gasteiger partial charge in [0.1, 0.15) is 11.5 Å². The van der Waals surface area contributed by atoms with Gasteiger partial charge in [0.25, 0.3) is 0 Å². The van der Waals surface area contributed by atoms with Crippen LogP contribution in [0.4, 0.5) is 0 Å². The van der Waals surface area contributed by atoms with Gasteiger partial charge in [-0.3, -0.25) is 9.00 Å². The van der Waals surface area contributed by atoms with Gasteiger partial charge in [-0.15, -0.1) is 11.3 Å². The zero-order chi connectivity index (χ0) is 16.2. The number of thiophene rings is 1. The standard InChI is InChI=1S/C16H20N2O3S2/c1-11-13(18-16(21-11)14-7-4-8-22-14)9-23(20)10-15(19)17-12-5-2-3-6-12/h4,7-8,12H,2-3,5-6,9-10H2,1H3,(H,17,19). The minimum atomic E-state index is -1.28. The topological polar surface area (TPSA) is 72.2 Å². The first-order valence-corrected chi connectivity index (χ1v) is 10.1. The second-order valence-electron chi connectivity index (χ2n) is 5.78.